The molecular formula is C11H13ClN2O4. The maximum atomic E-state index is 11.9. The van der Waals surface area contributed by atoms with Gasteiger partial charge in [0.15, 0.2) is 0 Å². The number of carbonyl (C=O) groups excluding carboxylic acids is 1. The third-order valence-corrected chi connectivity index (χ3v) is 2.44. The monoisotopic (exact) mass is 272 g/mol. The summed E-state index contributed by atoms with van der Waals surface area (Å²) in [5.41, 5.74) is -0.117. The van der Waals surface area contributed by atoms with Crippen molar-refractivity contribution >= 4 is 23.2 Å². The van der Waals surface area contributed by atoms with Crippen molar-refractivity contribution < 1.29 is 14.8 Å². The van der Waals surface area contributed by atoms with Crippen LogP contribution < -0.4 is 0 Å². The van der Waals surface area contributed by atoms with Gasteiger partial charge in [-0.2, -0.15) is 0 Å². The van der Waals surface area contributed by atoms with E-state index in [2.05, 4.69) is 0 Å². The lowest BCUT2D eigenvalue weighted by molar-refractivity contribution is -0.384. The molecule has 1 amide bonds. The molecule has 0 fully saturated rings. The van der Waals surface area contributed by atoms with E-state index in [0.29, 0.717) is 0 Å². The van der Waals surface area contributed by atoms with Crippen LogP contribution in [0.25, 0.3) is 0 Å². The maximum Gasteiger partial charge on any atom is 0.271 e. The number of halogens is 1. The number of carbonyl (C=O) groups is 1. The van der Waals surface area contributed by atoms with E-state index in [-0.39, 0.29) is 22.8 Å². The first kappa shape index (κ1) is 14.4. The quantitative estimate of drug-likeness (QED) is 0.668. The van der Waals surface area contributed by atoms with Gasteiger partial charge in [0.05, 0.1) is 11.0 Å². The van der Waals surface area contributed by atoms with E-state index in [0.717, 1.165) is 6.07 Å². The topological polar surface area (TPSA) is 83.7 Å². The van der Waals surface area contributed by atoms with Gasteiger partial charge in [-0.1, -0.05) is 11.6 Å². The summed E-state index contributed by atoms with van der Waals surface area (Å²) in [4.78, 5) is 23.3. The van der Waals surface area contributed by atoms with Crippen molar-refractivity contribution in [1.29, 1.82) is 0 Å². The number of hydrogen-bond acceptors (Lipinski definition) is 4. The molecule has 0 aromatic heterocycles. The van der Waals surface area contributed by atoms with Gasteiger partial charge in [-0.3, -0.25) is 14.9 Å². The fourth-order valence-corrected chi connectivity index (χ4v) is 1.73. The van der Waals surface area contributed by atoms with Crippen LogP contribution in [0.15, 0.2) is 18.2 Å². The van der Waals surface area contributed by atoms with Gasteiger partial charge in [0.2, 0.25) is 0 Å². The molecule has 6 nitrogen and oxygen atoms in total. The Morgan fingerprint density at radius 1 is 1.56 bits per heavy atom. The van der Waals surface area contributed by atoms with Crippen LogP contribution in [0.3, 0.4) is 0 Å². The molecule has 0 aliphatic carbocycles. The van der Waals surface area contributed by atoms with Crippen LogP contribution in [0.5, 0.6) is 0 Å². The molecule has 1 atom stereocenters. The van der Waals surface area contributed by atoms with Gasteiger partial charge in [0.1, 0.15) is 0 Å². The van der Waals surface area contributed by atoms with Crippen molar-refractivity contribution in [2.24, 2.45) is 0 Å². The van der Waals surface area contributed by atoms with Crippen LogP contribution in [-0.4, -0.2) is 40.5 Å². The number of aliphatic hydroxyl groups is 1. The average molecular weight is 273 g/mol. The lowest BCUT2D eigenvalue weighted by Gasteiger charge is -2.18. The van der Waals surface area contributed by atoms with Gasteiger partial charge in [-0.15, -0.1) is 0 Å². The van der Waals surface area contributed by atoms with Gasteiger partial charge in [-0.25, -0.2) is 0 Å². The Bertz CT molecular complexity index is 476. The number of benzene rings is 1. The van der Waals surface area contributed by atoms with E-state index in [4.69, 9.17) is 11.6 Å². The Balaban J connectivity index is 3.02. The summed E-state index contributed by atoms with van der Waals surface area (Å²) in [5, 5.41) is 20.0. The summed E-state index contributed by atoms with van der Waals surface area (Å²) < 4.78 is 0. The molecule has 18 heavy (non-hydrogen) atoms. The molecule has 0 radical (unpaired) electrons. The average Bonchev–Trinajstić information content (AvgIpc) is 2.26. The van der Waals surface area contributed by atoms with Crippen LogP contribution in [0.2, 0.25) is 5.02 Å². The number of nitro benzene ring substituents is 1. The first-order valence-corrected chi connectivity index (χ1v) is 5.57. The third-order valence-electron chi connectivity index (χ3n) is 2.23. The highest BCUT2D eigenvalue weighted by molar-refractivity contribution is 6.31. The maximum absolute atomic E-state index is 11.9. The third kappa shape index (κ3) is 3.68. The smallest absolute Gasteiger partial charge is 0.271 e. The van der Waals surface area contributed by atoms with Crippen molar-refractivity contribution in [3.8, 4) is 0 Å². The Labute approximate surface area is 109 Å². The molecule has 0 spiro atoms. The van der Waals surface area contributed by atoms with E-state index in [9.17, 15) is 20.0 Å². The summed E-state index contributed by atoms with van der Waals surface area (Å²) in [6.07, 6.45) is -0.673. The summed E-state index contributed by atoms with van der Waals surface area (Å²) >= 11 is 5.72. The number of non-ortho nitro benzene ring substituents is 1. The van der Waals surface area contributed by atoms with E-state index >= 15 is 0 Å². The Morgan fingerprint density at radius 2 is 2.17 bits per heavy atom. The lowest BCUT2D eigenvalue weighted by Crippen LogP contribution is -2.33. The van der Waals surface area contributed by atoms with Crippen molar-refractivity contribution in [2.75, 3.05) is 13.6 Å². The number of nitrogens with zero attached hydrogens (tertiary/aromatic N) is 2. The number of likely N-dealkylation sites (N-methyl/N-ethyl adjacent to an activating group) is 1. The summed E-state index contributed by atoms with van der Waals surface area (Å²) in [6, 6.07) is 3.69. The largest absolute Gasteiger partial charge is 0.392 e. The van der Waals surface area contributed by atoms with Crippen LogP contribution in [0.4, 0.5) is 5.69 Å². The van der Waals surface area contributed by atoms with Gasteiger partial charge in [0, 0.05) is 36.3 Å². The fraction of sp³-hybridized carbons (Fsp3) is 0.364. The molecule has 0 saturated heterocycles. The molecule has 98 valence electrons. The van der Waals surface area contributed by atoms with Crippen molar-refractivity contribution in [2.45, 2.75) is 13.0 Å². The number of nitro groups is 1. The van der Waals surface area contributed by atoms with Crippen LogP contribution in [-0.2, 0) is 0 Å². The zero-order valence-electron chi connectivity index (χ0n) is 9.96. The second-order valence-corrected chi connectivity index (χ2v) is 4.43. The number of hydrogen-bond donors (Lipinski definition) is 1. The van der Waals surface area contributed by atoms with E-state index < -0.39 is 16.9 Å². The predicted octanol–water partition coefficient (Wildman–Crippen LogP) is 1.70. The molecule has 7 heteroatoms. The Hall–Kier alpha value is -1.66. The molecule has 1 aromatic carbocycles. The van der Waals surface area contributed by atoms with Crippen LogP contribution >= 0.6 is 11.6 Å². The van der Waals surface area contributed by atoms with Crippen molar-refractivity contribution in [3.05, 3.63) is 38.9 Å². The number of rotatable bonds is 4. The number of aliphatic hydroxyl groups excluding tert-OH is 1. The minimum Gasteiger partial charge on any atom is -0.392 e. The molecule has 1 aromatic rings. The summed E-state index contributed by atoms with van der Waals surface area (Å²) in [5.74, 6) is -0.429. The van der Waals surface area contributed by atoms with E-state index in [1.54, 1.807) is 6.92 Å². The molecule has 0 aliphatic rings. The Morgan fingerprint density at radius 3 is 2.67 bits per heavy atom. The van der Waals surface area contributed by atoms with Crippen LogP contribution in [0, 0.1) is 10.1 Å². The van der Waals surface area contributed by atoms with Gasteiger partial charge in [-0.05, 0) is 13.0 Å². The molecular weight excluding hydrogens is 260 g/mol. The van der Waals surface area contributed by atoms with Crippen molar-refractivity contribution in [1.82, 2.24) is 4.90 Å². The standard InChI is InChI=1S/C11H13ClN2O4/c1-7(15)6-13(2)11(16)8-3-9(12)5-10(4-8)14(17)18/h3-5,7,15H,6H2,1-2H3. The van der Waals surface area contributed by atoms with Gasteiger partial charge < -0.3 is 10.0 Å². The van der Waals surface area contributed by atoms with E-state index in [1.807, 2.05) is 0 Å². The summed E-state index contributed by atoms with van der Waals surface area (Å²) in [7, 11) is 1.50. The minimum absolute atomic E-state index is 0.123. The van der Waals surface area contributed by atoms with Gasteiger partial charge >= 0.3 is 0 Å². The predicted molar refractivity (Wildman–Crippen MR) is 66.7 cm³/mol. The highest BCUT2D eigenvalue weighted by Gasteiger charge is 2.17. The van der Waals surface area contributed by atoms with Gasteiger partial charge in [0.25, 0.3) is 11.6 Å². The molecule has 0 saturated carbocycles. The highest BCUT2D eigenvalue weighted by Crippen LogP contribution is 2.21. The first-order chi connectivity index (χ1) is 8.31. The van der Waals surface area contributed by atoms with Crippen LogP contribution in [0.1, 0.15) is 17.3 Å². The normalized spacial score (nSPS) is 12.0. The molecule has 1 rings (SSSR count). The molecule has 1 unspecified atom stereocenters. The van der Waals surface area contributed by atoms with Crippen molar-refractivity contribution in [3.63, 3.8) is 0 Å². The number of amides is 1. The molecule has 0 aliphatic heterocycles. The SMILES string of the molecule is CC(O)CN(C)C(=O)c1cc(Cl)cc([N+](=O)[O-])c1. The fourth-order valence-electron chi connectivity index (χ4n) is 1.50. The molecule has 0 bridgehead atoms. The second-order valence-electron chi connectivity index (χ2n) is 3.99. The summed E-state index contributed by atoms with van der Waals surface area (Å²) in [6.45, 7) is 1.68. The van der Waals surface area contributed by atoms with E-state index in [1.165, 1.54) is 24.1 Å². The molecule has 1 N–H and O–H groups in total. The minimum atomic E-state index is -0.673. The molecule has 0 heterocycles. The Kier molecular flexibility index (Phi) is 4.63. The highest BCUT2D eigenvalue weighted by atomic mass is 35.5. The first-order valence-electron chi connectivity index (χ1n) is 5.19. The zero-order valence-corrected chi connectivity index (χ0v) is 10.7. The lowest BCUT2D eigenvalue weighted by atomic mass is 10.1. The second kappa shape index (κ2) is 5.79. The zero-order chi connectivity index (χ0) is 13.9.